The van der Waals surface area contributed by atoms with Gasteiger partial charge in [-0.25, -0.2) is 14.5 Å². The van der Waals surface area contributed by atoms with Gasteiger partial charge in [0.05, 0.1) is 11.6 Å². The van der Waals surface area contributed by atoms with Crippen molar-refractivity contribution in [3.63, 3.8) is 0 Å². The van der Waals surface area contributed by atoms with E-state index in [0.29, 0.717) is 19.0 Å². The minimum atomic E-state index is -0.505. The van der Waals surface area contributed by atoms with Gasteiger partial charge in [0.2, 0.25) is 5.95 Å². The van der Waals surface area contributed by atoms with E-state index in [1.165, 1.54) is 5.56 Å². The van der Waals surface area contributed by atoms with Gasteiger partial charge < -0.3 is 15.0 Å². The summed E-state index contributed by atoms with van der Waals surface area (Å²) < 4.78 is 7.38. The highest BCUT2D eigenvalue weighted by molar-refractivity contribution is 5.75. The first kappa shape index (κ1) is 20.8. The van der Waals surface area contributed by atoms with E-state index in [9.17, 15) is 4.79 Å². The number of fused-ring (bicyclic) bond motifs is 2. The Hall–Kier alpha value is -3.42. The van der Waals surface area contributed by atoms with Gasteiger partial charge in [-0.2, -0.15) is 10.1 Å². The molecule has 0 aliphatic carbocycles. The number of nitrogens with zero attached hydrogens (tertiary/aromatic N) is 5. The molecule has 0 saturated heterocycles. The standard InChI is InChI=1S/C23H28N6O2/c1-5-6-10-29-20-18(14-25-29)13-24-21(27-20)26-19-8-7-16-9-11-28(15-17(16)12-19)22(30)31-23(2,3)4/h5,7-8,12-14H,1,6,9-11,15H2,2-4H3,(H,24,26,27). The molecule has 31 heavy (non-hydrogen) atoms. The zero-order chi connectivity index (χ0) is 22.0. The number of anilines is 2. The van der Waals surface area contributed by atoms with Crippen molar-refractivity contribution in [3.05, 3.63) is 54.4 Å². The van der Waals surface area contributed by atoms with Crippen LogP contribution in [0, 0.1) is 0 Å². The smallest absolute Gasteiger partial charge is 0.410 e. The van der Waals surface area contributed by atoms with Crippen LogP contribution in [-0.4, -0.2) is 42.9 Å². The average Bonchev–Trinajstić information content (AvgIpc) is 3.12. The van der Waals surface area contributed by atoms with Crippen molar-refractivity contribution >= 4 is 28.8 Å². The zero-order valence-corrected chi connectivity index (χ0v) is 18.3. The van der Waals surface area contributed by atoms with E-state index in [-0.39, 0.29) is 6.09 Å². The second-order valence-corrected chi connectivity index (χ2v) is 8.68. The molecule has 0 spiro atoms. The maximum atomic E-state index is 12.5. The quantitative estimate of drug-likeness (QED) is 0.614. The maximum absolute atomic E-state index is 12.5. The first-order valence-electron chi connectivity index (χ1n) is 10.5. The molecule has 1 amide bonds. The third kappa shape index (κ3) is 4.84. The van der Waals surface area contributed by atoms with Gasteiger partial charge in [-0.3, -0.25) is 0 Å². The fourth-order valence-corrected chi connectivity index (χ4v) is 3.55. The lowest BCUT2D eigenvalue weighted by Crippen LogP contribution is -2.39. The van der Waals surface area contributed by atoms with Crippen LogP contribution < -0.4 is 5.32 Å². The van der Waals surface area contributed by atoms with E-state index in [0.717, 1.165) is 41.7 Å². The van der Waals surface area contributed by atoms with Gasteiger partial charge in [-0.15, -0.1) is 6.58 Å². The van der Waals surface area contributed by atoms with Crippen LogP contribution in [0.4, 0.5) is 16.4 Å². The highest BCUT2D eigenvalue weighted by Gasteiger charge is 2.25. The van der Waals surface area contributed by atoms with Gasteiger partial charge in [0, 0.05) is 31.5 Å². The molecule has 0 unspecified atom stereocenters. The lowest BCUT2D eigenvalue weighted by molar-refractivity contribution is 0.0224. The molecule has 3 aromatic rings. The number of aryl methyl sites for hydroxylation is 1. The Morgan fingerprint density at radius 1 is 1.29 bits per heavy atom. The number of aromatic nitrogens is 4. The summed E-state index contributed by atoms with van der Waals surface area (Å²) in [4.78, 5) is 23.3. The number of hydrogen-bond donors (Lipinski definition) is 1. The summed E-state index contributed by atoms with van der Waals surface area (Å²) in [6, 6.07) is 6.16. The average molecular weight is 421 g/mol. The Labute approximate surface area is 181 Å². The number of amides is 1. The molecule has 2 aromatic heterocycles. The third-order valence-electron chi connectivity index (χ3n) is 5.05. The number of benzene rings is 1. The first-order valence-corrected chi connectivity index (χ1v) is 10.5. The molecule has 1 aliphatic heterocycles. The van der Waals surface area contributed by atoms with Crippen molar-refractivity contribution in [2.24, 2.45) is 0 Å². The van der Waals surface area contributed by atoms with Crippen LogP contribution in [-0.2, 0) is 24.2 Å². The summed E-state index contributed by atoms with van der Waals surface area (Å²) in [5, 5.41) is 8.56. The van der Waals surface area contributed by atoms with Gasteiger partial charge in [0.1, 0.15) is 5.60 Å². The van der Waals surface area contributed by atoms with Crippen molar-refractivity contribution in [3.8, 4) is 0 Å². The molecule has 1 aromatic carbocycles. The summed E-state index contributed by atoms with van der Waals surface area (Å²) in [6.45, 7) is 11.3. The minimum Gasteiger partial charge on any atom is -0.444 e. The highest BCUT2D eigenvalue weighted by atomic mass is 16.6. The van der Waals surface area contributed by atoms with Crippen LogP contribution in [0.15, 0.2) is 43.2 Å². The van der Waals surface area contributed by atoms with Gasteiger partial charge in [0.15, 0.2) is 5.65 Å². The highest BCUT2D eigenvalue weighted by Crippen LogP contribution is 2.25. The van der Waals surface area contributed by atoms with Crippen molar-refractivity contribution < 1.29 is 9.53 Å². The van der Waals surface area contributed by atoms with Crippen LogP contribution >= 0.6 is 0 Å². The molecule has 0 fully saturated rings. The fraction of sp³-hybridized carbons (Fsp3) is 0.391. The second-order valence-electron chi connectivity index (χ2n) is 8.68. The molecule has 0 radical (unpaired) electrons. The summed E-state index contributed by atoms with van der Waals surface area (Å²) in [5.74, 6) is 0.507. The monoisotopic (exact) mass is 420 g/mol. The first-order chi connectivity index (χ1) is 14.8. The summed E-state index contributed by atoms with van der Waals surface area (Å²) >= 11 is 0. The molecule has 3 heterocycles. The zero-order valence-electron chi connectivity index (χ0n) is 18.3. The van der Waals surface area contributed by atoms with Crippen LogP contribution in [0.5, 0.6) is 0 Å². The molecule has 0 bridgehead atoms. The van der Waals surface area contributed by atoms with Crippen LogP contribution in [0.3, 0.4) is 0 Å². The topological polar surface area (TPSA) is 85.2 Å². The molecule has 0 atom stereocenters. The Morgan fingerprint density at radius 3 is 2.90 bits per heavy atom. The number of nitrogens with one attached hydrogen (secondary N) is 1. The molecular formula is C23H28N6O2. The number of carbonyl (C=O) groups is 1. The predicted molar refractivity (Wildman–Crippen MR) is 120 cm³/mol. The molecule has 1 aliphatic rings. The molecule has 162 valence electrons. The number of allylic oxidation sites excluding steroid dienone is 1. The van der Waals surface area contributed by atoms with Crippen molar-refractivity contribution in [2.45, 2.75) is 52.3 Å². The van der Waals surface area contributed by atoms with E-state index >= 15 is 0 Å². The van der Waals surface area contributed by atoms with Gasteiger partial charge in [-0.1, -0.05) is 12.1 Å². The largest absolute Gasteiger partial charge is 0.444 e. The number of hydrogen-bond acceptors (Lipinski definition) is 6. The van der Waals surface area contributed by atoms with Crippen molar-refractivity contribution in [2.75, 3.05) is 11.9 Å². The van der Waals surface area contributed by atoms with E-state index in [4.69, 9.17) is 4.74 Å². The lowest BCUT2D eigenvalue weighted by atomic mass is 9.99. The van der Waals surface area contributed by atoms with Gasteiger partial charge in [0.25, 0.3) is 0 Å². The molecule has 8 nitrogen and oxygen atoms in total. The van der Waals surface area contributed by atoms with Crippen molar-refractivity contribution in [1.29, 1.82) is 0 Å². The third-order valence-corrected chi connectivity index (χ3v) is 5.05. The predicted octanol–water partition coefficient (Wildman–Crippen LogP) is 4.44. The van der Waals surface area contributed by atoms with Crippen molar-refractivity contribution in [1.82, 2.24) is 24.6 Å². The van der Waals surface area contributed by atoms with E-state index in [1.54, 1.807) is 17.3 Å². The number of ether oxygens (including phenoxy) is 1. The Balaban J connectivity index is 1.51. The van der Waals surface area contributed by atoms with E-state index in [1.807, 2.05) is 37.6 Å². The lowest BCUT2D eigenvalue weighted by Gasteiger charge is -2.31. The number of rotatable bonds is 5. The van der Waals surface area contributed by atoms with E-state index < -0.39 is 5.60 Å². The second kappa shape index (κ2) is 8.37. The minimum absolute atomic E-state index is 0.280. The summed E-state index contributed by atoms with van der Waals surface area (Å²) in [6.07, 6.45) is 6.75. The normalized spacial score (nSPS) is 13.7. The van der Waals surface area contributed by atoms with Crippen LogP contribution in [0.2, 0.25) is 0 Å². The Morgan fingerprint density at radius 2 is 2.13 bits per heavy atom. The van der Waals surface area contributed by atoms with E-state index in [2.05, 4.69) is 39.1 Å². The SMILES string of the molecule is C=CCCn1ncc2cnc(Nc3ccc4c(c3)CN(C(=O)OC(C)(C)C)CC4)nc21. The van der Waals surface area contributed by atoms with Gasteiger partial charge >= 0.3 is 6.09 Å². The van der Waals surface area contributed by atoms with Gasteiger partial charge in [-0.05, 0) is 56.9 Å². The summed E-state index contributed by atoms with van der Waals surface area (Å²) in [7, 11) is 0. The van der Waals surface area contributed by atoms with Crippen LogP contribution in [0.1, 0.15) is 38.3 Å². The molecule has 1 N–H and O–H groups in total. The Bertz CT molecular complexity index is 1110. The molecule has 8 heteroatoms. The fourth-order valence-electron chi connectivity index (χ4n) is 3.55. The molecule has 4 rings (SSSR count). The Kier molecular flexibility index (Phi) is 5.63. The number of carbonyl (C=O) groups excluding carboxylic acids is 1. The molecular weight excluding hydrogens is 392 g/mol. The maximum Gasteiger partial charge on any atom is 0.410 e. The molecule has 0 saturated carbocycles. The summed E-state index contributed by atoms with van der Waals surface area (Å²) in [5.41, 5.74) is 3.49. The van der Waals surface area contributed by atoms with Crippen LogP contribution in [0.25, 0.3) is 11.0 Å².